The van der Waals surface area contributed by atoms with Gasteiger partial charge in [-0.2, -0.15) is 0 Å². The third-order valence-electron chi connectivity index (χ3n) is 6.55. The Hall–Kier alpha value is -5.65. The first-order chi connectivity index (χ1) is 23.2. The number of hydrogen-bond donors (Lipinski definition) is 0. The molecule has 0 aliphatic carbocycles. The van der Waals surface area contributed by atoms with Gasteiger partial charge in [0.2, 0.25) is 0 Å². The van der Waals surface area contributed by atoms with E-state index >= 15 is 0 Å². The summed E-state index contributed by atoms with van der Waals surface area (Å²) >= 11 is 0. The Morgan fingerprint density at radius 3 is 1.56 bits per heavy atom. The van der Waals surface area contributed by atoms with Crippen molar-refractivity contribution in [2.75, 3.05) is 19.8 Å². The van der Waals surface area contributed by atoms with Crippen LogP contribution in [0.25, 0.3) is 0 Å². The largest absolute Gasteiger partial charge is 0.513 e. The lowest BCUT2D eigenvalue weighted by Crippen LogP contribution is -2.13. The molecule has 0 radical (unpaired) electrons. The number of carbonyl (C=O) groups excluding carboxylic acids is 5. The first-order valence-corrected chi connectivity index (χ1v) is 15.5. The Labute approximate surface area is 278 Å². The summed E-state index contributed by atoms with van der Waals surface area (Å²) in [6.07, 6.45) is 3.51. The number of esters is 3. The molecular formula is C36H38O12. The molecule has 3 aromatic rings. The van der Waals surface area contributed by atoms with E-state index in [2.05, 4.69) is 6.58 Å². The smallest absolute Gasteiger partial charge is 0.463 e. The van der Waals surface area contributed by atoms with Gasteiger partial charge in [0.15, 0.2) is 0 Å². The van der Waals surface area contributed by atoms with Gasteiger partial charge >= 0.3 is 30.2 Å². The maximum Gasteiger partial charge on any atom is 0.513 e. The van der Waals surface area contributed by atoms with Gasteiger partial charge in [-0.25, -0.2) is 24.0 Å². The molecular weight excluding hydrogens is 624 g/mol. The predicted octanol–water partition coefficient (Wildman–Crippen LogP) is 7.42. The second-order valence-electron chi connectivity index (χ2n) is 10.1. The molecule has 0 aromatic heterocycles. The second-order valence-corrected chi connectivity index (χ2v) is 10.1. The van der Waals surface area contributed by atoms with Crippen molar-refractivity contribution in [1.29, 1.82) is 0 Å². The standard InChI is InChI=1S/C36H38O12/c1-4-7-8-22-43-35(40)46-28-15-11-26(12-16-28)33(38)45-30-19-20-31(25(5-2)24-30)48-34(39)27-13-17-29(18-14-27)47-36(41)44-23-10-9-21-42-32(37)6-3/h6,11-20,24H,3-5,7-10,21-23H2,1-2H3. The number of carbonyl (C=O) groups is 5. The van der Waals surface area contributed by atoms with Crippen molar-refractivity contribution >= 4 is 30.2 Å². The van der Waals surface area contributed by atoms with E-state index < -0.39 is 30.2 Å². The van der Waals surface area contributed by atoms with Crippen LogP contribution in [0.1, 0.15) is 72.2 Å². The molecule has 0 atom stereocenters. The molecule has 0 spiro atoms. The van der Waals surface area contributed by atoms with Gasteiger partial charge in [0.1, 0.15) is 23.0 Å². The second kappa shape index (κ2) is 19.8. The van der Waals surface area contributed by atoms with E-state index in [1.165, 1.54) is 60.7 Å². The van der Waals surface area contributed by atoms with Crippen molar-refractivity contribution in [2.24, 2.45) is 0 Å². The third-order valence-corrected chi connectivity index (χ3v) is 6.55. The quantitative estimate of drug-likeness (QED) is 0.0353. The van der Waals surface area contributed by atoms with Gasteiger partial charge in [-0.1, -0.05) is 33.3 Å². The van der Waals surface area contributed by atoms with E-state index in [9.17, 15) is 24.0 Å². The summed E-state index contributed by atoms with van der Waals surface area (Å²) in [5.41, 5.74) is 1.06. The van der Waals surface area contributed by atoms with Gasteiger partial charge < -0.3 is 33.2 Å². The van der Waals surface area contributed by atoms with Crippen molar-refractivity contribution in [3.05, 3.63) is 96.1 Å². The molecule has 0 N–H and O–H groups in total. The highest BCUT2D eigenvalue weighted by molar-refractivity contribution is 5.92. The summed E-state index contributed by atoms with van der Waals surface area (Å²) in [6, 6.07) is 16.2. The van der Waals surface area contributed by atoms with E-state index in [4.69, 9.17) is 33.2 Å². The van der Waals surface area contributed by atoms with E-state index in [0.717, 1.165) is 25.3 Å². The summed E-state index contributed by atoms with van der Waals surface area (Å²) in [5.74, 6) is -0.868. The van der Waals surface area contributed by atoms with Gasteiger partial charge in [0.05, 0.1) is 30.9 Å². The predicted molar refractivity (Wildman–Crippen MR) is 172 cm³/mol. The fourth-order valence-corrected chi connectivity index (χ4v) is 3.99. The first-order valence-electron chi connectivity index (χ1n) is 15.5. The van der Waals surface area contributed by atoms with Crippen LogP contribution in [0.4, 0.5) is 9.59 Å². The molecule has 0 amide bonds. The van der Waals surface area contributed by atoms with Gasteiger partial charge in [0, 0.05) is 6.08 Å². The molecule has 3 aromatic carbocycles. The van der Waals surface area contributed by atoms with E-state index in [1.807, 2.05) is 13.8 Å². The molecule has 12 heteroatoms. The molecule has 12 nitrogen and oxygen atoms in total. The van der Waals surface area contributed by atoms with Crippen LogP contribution in [0.2, 0.25) is 0 Å². The summed E-state index contributed by atoms with van der Waals surface area (Å²) in [6.45, 7) is 7.75. The Balaban J connectivity index is 1.47. The minimum absolute atomic E-state index is 0.0773. The van der Waals surface area contributed by atoms with Gasteiger partial charge in [-0.15, -0.1) is 0 Å². The topological polar surface area (TPSA) is 150 Å². The Morgan fingerprint density at radius 1 is 0.583 bits per heavy atom. The van der Waals surface area contributed by atoms with E-state index in [1.54, 1.807) is 6.07 Å². The Bertz CT molecular complexity index is 1540. The third kappa shape index (κ3) is 12.6. The van der Waals surface area contributed by atoms with Gasteiger partial charge in [-0.3, -0.25) is 0 Å². The highest BCUT2D eigenvalue weighted by Gasteiger charge is 2.16. The average molecular weight is 663 g/mol. The lowest BCUT2D eigenvalue weighted by molar-refractivity contribution is -0.137. The van der Waals surface area contributed by atoms with Gasteiger partial charge in [-0.05, 0) is 98.0 Å². The van der Waals surface area contributed by atoms with Crippen LogP contribution in [-0.4, -0.2) is 50.0 Å². The normalized spacial score (nSPS) is 10.3. The van der Waals surface area contributed by atoms with Crippen LogP contribution < -0.4 is 18.9 Å². The maximum absolute atomic E-state index is 12.8. The number of rotatable bonds is 17. The van der Waals surface area contributed by atoms with Crippen LogP contribution in [0.15, 0.2) is 79.4 Å². The van der Waals surface area contributed by atoms with Crippen LogP contribution in [-0.2, 0) is 25.4 Å². The van der Waals surface area contributed by atoms with Crippen molar-refractivity contribution in [2.45, 2.75) is 52.4 Å². The number of benzene rings is 3. The zero-order valence-electron chi connectivity index (χ0n) is 26.9. The SMILES string of the molecule is C=CC(=O)OCCCCOC(=O)Oc1ccc(C(=O)Oc2ccc(OC(=O)c3ccc(OC(=O)OCCCCC)cc3)cc2CC)cc1. The summed E-state index contributed by atoms with van der Waals surface area (Å²) < 4.78 is 36.1. The highest BCUT2D eigenvalue weighted by atomic mass is 16.7. The lowest BCUT2D eigenvalue weighted by Gasteiger charge is -2.12. The van der Waals surface area contributed by atoms with Crippen molar-refractivity contribution in [3.8, 4) is 23.0 Å². The zero-order valence-corrected chi connectivity index (χ0v) is 26.9. The van der Waals surface area contributed by atoms with E-state index in [0.29, 0.717) is 24.8 Å². The van der Waals surface area contributed by atoms with E-state index in [-0.39, 0.29) is 53.9 Å². The molecule has 0 bridgehead atoms. The number of aryl methyl sites for hydroxylation is 1. The van der Waals surface area contributed by atoms with Crippen molar-refractivity contribution in [3.63, 3.8) is 0 Å². The average Bonchev–Trinajstić information content (AvgIpc) is 3.09. The molecule has 0 unspecified atom stereocenters. The molecule has 0 saturated carbocycles. The summed E-state index contributed by atoms with van der Waals surface area (Å²) in [5, 5.41) is 0. The summed E-state index contributed by atoms with van der Waals surface area (Å²) in [7, 11) is 0. The fourth-order valence-electron chi connectivity index (χ4n) is 3.99. The monoisotopic (exact) mass is 662 g/mol. The number of ether oxygens (including phenoxy) is 7. The molecule has 48 heavy (non-hydrogen) atoms. The van der Waals surface area contributed by atoms with Gasteiger partial charge in [0.25, 0.3) is 0 Å². The fraction of sp³-hybridized carbons (Fsp3) is 0.306. The lowest BCUT2D eigenvalue weighted by atomic mass is 10.1. The minimum Gasteiger partial charge on any atom is -0.463 e. The molecule has 0 aliphatic heterocycles. The molecule has 3 rings (SSSR count). The number of unbranched alkanes of at least 4 members (excludes halogenated alkanes) is 3. The van der Waals surface area contributed by atoms with Crippen molar-refractivity contribution in [1.82, 2.24) is 0 Å². The molecule has 0 fully saturated rings. The van der Waals surface area contributed by atoms with Crippen LogP contribution >= 0.6 is 0 Å². The zero-order chi connectivity index (χ0) is 34.7. The number of hydrogen-bond acceptors (Lipinski definition) is 12. The molecule has 0 aliphatic rings. The Kier molecular flexibility index (Phi) is 15.2. The van der Waals surface area contributed by atoms with Crippen LogP contribution in [0, 0.1) is 0 Å². The maximum atomic E-state index is 12.8. The summed E-state index contributed by atoms with van der Waals surface area (Å²) in [4.78, 5) is 60.2. The first kappa shape index (κ1) is 36.8. The molecule has 254 valence electrons. The molecule has 0 saturated heterocycles. The van der Waals surface area contributed by atoms with Crippen molar-refractivity contribution < 1.29 is 57.1 Å². The Morgan fingerprint density at radius 2 is 1.06 bits per heavy atom. The molecule has 0 heterocycles. The highest BCUT2D eigenvalue weighted by Crippen LogP contribution is 2.27. The van der Waals surface area contributed by atoms with Crippen LogP contribution in [0.3, 0.4) is 0 Å². The van der Waals surface area contributed by atoms with Crippen LogP contribution in [0.5, 0.6) is 23.0 Å². The minimum atomic E-state index is -0.914.